The van der Waals surface area contributed by atoms with Gasteiger partial charge in [-0.2, -0.15) is 0 Å². The summed E-state index contributed by atoms with van der Waals surface area (Å²) in [5, 5.41) is 5.21. The maximum Gasteiger partial charge on any atom is 0.238 e. The Bertz CT molecular complexity index is 736. The lowest BCUT2D eigenvalue weighted by Gasteiger charge is -2.11. The molecule has 0 radical (unpaired) electrons. The third-order valence-corrected chi connectivity index (χ3v) is 4.25. The van der Waals surface area contributed by atoms with E-state index in [0.29, 0.717) is 13.0 Å². The van der Waals surface area contributed by atoms with Crippen LogP contribution < -0.4 is 9.88 Å². The second-order valence-electron chi connectivity index (χ2n) is 4.31. The van der Waals surface area contributed by atoms with Gasteiger partial charge in [-0.3, -0.25) is 0 Å². The van der Waals surface area contributed by atoms with Crippen LogP contribution in [0.4, 0.5) is 0 Å². The van der Waals surface area contributed by atoms with Gasteiger partial charge in [0.05, 0.1) is 21.5 Å². The maximum atomic E-state index is 11.3. The number of sulfonamides is 1. The fourth-order valence-electron chi connectivity index (χ4n) is 1.72. The normalized spacial score (nSPS) is 11.6. The second-order valence-corrected chi connectivity index (χ2v) is 6.69. The van der Waals surface area contributed by atoms with E-state index in [9.17, 15) is 8.42 Å². The van der Waals surface area contributed by atoms with Gasteiger partial charge in [0.2, 0.25) is 10.0 Å². The van der Waals surface area contributed by atoms with Gasteiger partial charge in [-0.25, -0.2) is 18.5 Å². The number of nitrogens with two attached hydrogens (primary N) is 1. The van der Waals surface area contributed by atoms with Gasteiger partial charge in [-0.05, 0) is 12.1 Å². The minimum absolute atomic E-state index is 0.0892. The number of aromatic nitrogens is 2. The quantitative estimate of drug-likeness (QED) is 0.893. The van der Waals surface area contributed by atoms with Crippen molar-refractivity contribution >= 4 is 33.2 Å². The summed E-state index contributed by atoms with van der Waals surface area (Å²) in [5.74, 6) is 1.07. The molecule has 0 saturated carbocycles. The average molecular weight is 350 g/mol. The Balaban J connectivity index is 2.12. The molecule has 9 heteroatoms. The topological polar surface area (TPSA) is 87.2 Å². The Hall–Kier alpha value is -1.28. The predicted octanol–water partition coefficient (Wildman–Crippen LogP) is 2.00. The van der Waals surface area contributed by atoms with Gasteiger partial charge >= 0.3 is 0 Å². The summed E-state index contributed by atoms with van der Waals surface area (Å²) in [6, 6.07) is 2.41. The summed E-state index contributed by atoms with van der Waals surface area (Å²) in [7, 11) is -1.99. The number of aryl methyl sites for hydroxylation is 1. The summed E-state index contributed by atoms with van der Waals surface area (Å²) >= 11 is 12.0. The standard InChI is InChI=1S/C12H13Cl2N3O3S/c1-17-4-3-16-11(17)2-5-20-12-9(13)6-8(7-10(12)14)21(15,18)19/h3-4,6-7H,2,5H2,1H3,(H2,15,18,19). The Labute approximate surface area is 132 Å². The predicted molar refractivity (Wildman–Crippen MR) is 80.2 cm³/mol. The first kappa shape index (κ1) is 16.1. The average Bonchev–Trinajstić information content (AvgIpc) is 2.77. The molecule has 0 aliphatic carbocycles. The number of ether oxygens (including phenoxy) is 1. The molecule has 2 aromatic rings. The lowest BCUT2D eigenvalue weighted by atomic mass is 10.3. The molecule has 6 nitrogen and oxygen atoms in total. The van der Waals surface area contributed by atoms with Gasteiger partial charge in [-0.15, -0.1) is 0 Å². The lowest BCUT2D eigenvalue weighted by Crippen LogP contribution is -2.12. The molecule has 1 heterocycles. The number of benzene rings is 1. The summed E-state index contributed by atoms with van der Waals surface area (Å²) in [6.45, 7) is 0.305. The van der Waals surface area contributed by atoms with Crippen LogP contribution in [0.15, 0.2) is 29.4 Å². The zero-order valence-electron chi connectivity index (χ0n) is 11.1. The molecule has 0 spiro atoms. The van der Waals surface area contributed by atoms with Crippen molar-refractivity contribution in [2.75, 3.05) is 6.61 Å². The van der Waals surface area contributed by atoms with E-state index in [-0.39, 0.29) is 20.7 Å². The van der Waals surface area contributed by atoms with Crippen LogP contribution in [-0.4, -0.2) is 24.6 Å². The van der Waals surface area contributed by atoms with Crippen LogP contribution in [-0.2, 0) is 23.5 Å². The third-order valence-electron chi connectivity index (χ3n) is 2.79. The SMILES string of the molecule is Cn1ccnc1CCOc1c(Cl)cc(S(N)(=O)=O)cc1Cl. The van der Waals surface area contributed by atoms with Crippen molar-refractivity contribution in [1.29, 1.82) is 0 Å². The highest BCUT2D eigenvalue weighted by molar-refractivity contribution is 7.89. The Morgan fingerprint density at radius 2 is 1.95 bits per heavy atom. The fourth-order valence-corrected chi connectivity index (χ4v) is 3.01. The summed E-state index contributed by atoms with van der Waals surface area (Å²) < 4.78 is 29.9. The van der Waals surface area contributed by atoms with E-state index < -0.39 is 10.0 Å². The fraction of sp³-hybridized carbons (Fsp3) is 0.250. The molecule has 114 valence electrons. The minimum Gasteiger partial charge on any atom is -0.490 e. The number of imidazole rings is 1. The molecular weight excluding hydrogens is 337 g/mol. The largest absolute Gasteiger partial charge is 0.490 e. The van der Waals surface area contributed by atoms with Crippen molar-refractivity contribution in [2.24, 2.45) is 12.2 Å². The molecular formula is C12H13Cl2N3O3S. The van der Waals surface area contributed by atoms with Crippen molar-refractivity contribution in [3.05, 3.63) is 40.4 Å². The van der Waals surface area contributed by atoms with E-state index in [0.717, 1.165) is 5.82 Å². The molecule has 0 amide bonds. The van der Waals surface area contributed by atoms with E-state index in [1.54, 1.807) is 6.20 Å². The highest BCUT2D eigenvalue weighted by atomic mass is 35.5. The van der Waals surface area contributed by atoms with E-state index >= 15 is 0 Å². The maximum absolute atomic E-state index is 11.3. The van der Waals surface area contributed by atoms with Crippen molar-refractivity contribution in [1.82, 2.24) is 9.55 Å². The highest BCUT2D eigenvalue weighted by Crippen LogP contribution is 2.35. The van der Waals surface area contributed by atoms with Crippen molar-refractivity contribution in [3.63, 3.8) is 0 Å². The molecule has 0 saturated heterocycles. The number of hydrogen-bond donors (Lipinski definition) is 1. The van der Waals surface area contributed by atoms with Crippen LogP contribution in [0.3, 0.4) is 0 Å². The van der Waals surface area contributed by atoms with E-state index in [4.69, 9.17) is 33.1 Å². The number of rotatable bonds is 5. The molecule has 0 aliphatic heterocycles. The van der Waals surface area contributed by atoms with Crippen LogP contribution >= 0.6 is 23.2 Å². The van der Waals surface area contributed by atoms with Crippen LogP contribution in [0.25, 0.3) is 0 Å². The van der Waals surface area contributed by atoms with Crippen LogP contribution in [0.2, 0.25) is 10.0 Å². The van der Waals surface area contributed by atoms with Gasteiger partial charge in [0.1, 0.15) is 5.82 Å². The molecule has 0 bridgehead atoms. The second kappa shape index (κ2) is 6.23. The van der Waals surface area contributed by atoms with Crippen LogP contribution in [0, 0.1) is 0 Å². The number of hydrogen-bond acceptors (Lipinski definition) is 4. The van der Waals surface area contributed by atoms with Gasteiger partial charge in [-0.1, -0.05) is 23.2 Å². The molecule has 1 aromatic heterocycles. The monoisotopic (exact) mass is 349 g/mol. The summed E-state index contributed by atoms with van der Waals surface area (Å²) in [5.41, 5.74) is 0. The van der Waals surface area contributed by atoms with Crippen LogP contribution in [0.1, 0.15) is 5.82 Å². The smallest absolute Gasteiger partial charge is 0.238 e. The van der Waals surface area contributed by atoms with E-state index in [1.165, 1.54) is 12.1 Å². The Kier molecular flexibility index (Phi) is 4.77. The molecule has 0 fully saturated rings. The van der Waals surface area contributed by atoms with Crippen molar-refractivity contribution < 1.29 is 13.2 Å². The Morgan fingerprint density at radius 1 is 1.33 bits per heavy atom. The molecule has 0 atom stereocenters. The summed E-state index contributed by atoms with van der Waals surface area (Å²) in [4.78, 5) is 4.00. The van der Waals surface area contributed by atoms with Crippen molar-refractivity contribution in [2.45, 2.75) is 11.3 Å². The molecule has 21 heavy (non-hydrogen) atoms. The zero-order valence-corrected chi connectivity index (χ0v) is 13.4. The Morgan fingerprint density at radius 3 is 2.43 bits per heavy atom. The van der Waals surface area contributed by atoms with Gasteiger partial charge < -0.3 is 9.30 Å². The van der Waals surface area contributed by atoms with Crippen molar-refractivity contribution in [3.8, 4) is 5.75 Å². The first-order chi connectivity index (χ1) is 9.79. The zero-order chi connectivity index (χ0) is 15.6. The van der Waals surface area contributed by atoms with E-state index in [2.05, 4.69) is 4.98 Å². The highest BCUT2D eigenvalue weighted by Gasteiger charge is 2.16. The molecule has 2 rings (SSSR count). The lowest BCUT2D eigenvalue weighted by molar-refractivity contribution is 0.317. The first-order valence-electron chi connectivity index (χ1n) is 5.90. The molecule has 1 aromatic carbocycles. The summed E-state index contributed by atoms with van der Waals surface area (Å²) in [6.07, 6.45) is 4.08. The van der Waals surface area contributed by atoms with Crippen LogP contribution in [0.5, 0.6) is 5.75 Å². The van der Waals surface area contributed by atoms with Gasteiger partial charge in [0, 0.05) is 25.9 Å². The number of primary sulfonamides is 1. The van der Waals surface area contributed by atoms with Gasteiger partial charge in [0.15, 0.2) is 5.75 Å². The number of halogens is 2. The van der Waals surface area contributed by atoms with E-state index in [1.807, 2.05) is 17.8 Å². The minimum atomic E-state index is -3.86. The number of nitrogens with zero attached hydrogens (tertiary/aromatic N) is 2. The van der Waals surface area contributed by atoms with Gasteiger partial charge in [0.25, 0.3) is 0 Å². The molecule has 0 unspecified atom stereocenters. The third kappa shape index (κ3) is 3.88. The molecule has 2 N–H and O–H groups in total. The molecule has 0 aliphatic rings. The first-order valence-corrected chi connectivity index (χ1v) is 8.20.